The van der Waals surface area contributed by atoms with E-state index in [1.54, 1.807) is 29.2 Å². The Labute approximate surface area is 159 Å². The van der Waals surface area contributed by atoms with Crippen molar-refractivity contribution in [1.29, 1.82) is 0 Å². The van der Waals surface area contributed by atoms with Gasteiger partial charge in [0.1, 0.15) is 11.6 Å². The highest BCUT2D eigenvalue weighted by Gasteiger charge is 2.18. The molecule has 2 aromatic heterocycles. The van der Waals surface area contributed by atoms with Crippen LogP contribution in [0.3, 0.4) is 0 Å². The molecule has 0 fully saturated rings. The molecule has 0 spiro atoms. The van der Waals surface area contributed by atoms with E-state index in [4.69, 9.17) is 0 Å². The number of carbonyl (C=O) groups is 1. The number of carbonyl (C=O) groups excluding carboxylic acids is 1. The zero-order valence-electron chi connectivity index (χ0n) is 14.5. The number of para-hydroxylation sites is 1. The molecule has 0 saturated carbocycles. The van der Waals surface area contributed by atoms with E-state index in [1.165, 1.54) is 6.07 Å². The number of nitrogens with one attached hydrogen (secondary N) is 1. The summed E-state index contributed by atoms with van der Waals surface area (Å²) >= 11 is 0. The standard InChI is InChI=1S/C21H14F2N4O/c22-15-8-9-18(17(23)11-15)25-21(28)19-12-20(14-5-4-10-24-13-14)27(26-19)16-6-2-1-3-7-16/h1-13H,(H,25,28). The zero-order chi connectivity index (χ0) is 19.5. The van der Waals surface area contributed by atoms with Crippen LogP contribution in [0.15, 0.2) is 79.1 Å². The highest BCUT2D eigenvalue weighted by Crippen LogP contribution is 2.24. The first-order valence-corrected chi connectivity index (χ1v) is 8.44. The van der Waals surface area contributed by atoms with Gasteiger partial charge >= 0.3 is 0 Å². The van der Waals surface area contributed by atoms with E-state index in [0.717, 1.165) is 17.3 Å². The summed E-state index contributed by atoms with van der Waals surface area (Å²) < 4.78 is 28.5. The van der Waals surface area contributed by atoms with Gasteiger partial charge in [0.2, 0.25) is 0 Å². The fraction of sp³-hybridized carbons (Fsp3) is 0. The Bertz CT molecular complexity index is 1070. The summed E-state index contributed by atoms with van der Waals surface area (Å²) in [6, 6.07) is 17.5. The summed E-state index contributed by atoms with van der Waals surface area (Å²) in [6.45, 7) is 0. The lowest BCUT2D eigenvalue weighted by Gasteiger charge is -2.06. The highest BCUT2D eigenvalue weighted by atomic mass is 19.1. The average Bonchev–Trinajstić information content (AvgIpc) is 3.17. The molecule has 7 heteroatoms. The number of pyridine rings is 1. The van der Waals surface area contributed by atoms with Crippen molar-refractivity contribution in [2.75, 3.05) is 5.32 Å². The molecule has 2 heterocycles. The third-order valence-electron chi connectivity index (χ3n) is 4.08. The third-order valence-corrected chi connectivity index (χ3v) is 4.08. The summed E-state index contributed by atoms with van der Waals surface area (Å²) in [5.41, 5.74) is 2.15. The number of nitrogens with zero attached hydrogens (tertiary/aromatic N) is 3. The van der Waals surface area contributed by atoms with Crippen LogP contribution < -0.4 is 5.32 Å². The van der Waals surface area contributed by atoms with E-state index in [1.807, 2.05) is 36.4 Å². The highest BCUT2D eigenvalue weighted by molar-refractivity contribution is 6.03. The second-order valence-corrected chi connectivity index (χ2v) is 5.98. The first-order valence-electron chi connectivity index (χ1n) is 8.44. The summed E-state index contributed by atoms with van der Waals surface area (Å²) in [6.07, 6.45) is 3.31. The molecule has 0 bridgehead atoms. The van der Waals surface area contributed by atoms with Gasteiger partial charge in [-0.05, 0) is 42.5 Å². The maximum atomic E-state index is 13.9. The summed E-state index contributed by atoms with van der Waals surface area (Å²) in [4.78, 5) is 16.7. The predicted molar refractivity (Wildman–Crippen MR) is 101 cm³/mol. The molecular weight excluding hydrogens is 362 g/mol. The maximum absolute atomic E-state index is 13.9. The Morgan fingerprint density at radius 3 is 2.50 bits per heavy atom. The molecule has 0 saturated heterocycles. The van der Waals surface area contributed by atoms with Crippen molar-refractivity contribution < 1.29 is 13.6 Å². The van der Waals surface area contributed by atoms with Gasteiger partial charge in [-0.15, -0.1) is 0 Å². The summed E-state index contributed by atoms with van der Waals surface area (Å²) in [7, 11) is 0. The van der Waals surface area contributed by atoms with Crippen LogP contribution in [0.2, 0.25) is 0 Å². The van der Waals surface area contributed by atoms with Gasteiger partial charge in [0.05, 0.1) is 17.1 Å². The van der Waals surface area contributed by atoms with E-state index >= 15 is 0 Å². The van der Waals surface area contributed by atoms with Gasteiger partial charge in [-0.25, -0.2) is 13.5 Å². The Balaban J connectivity index is 1.74. The monoisotopic (exact) mass is 376 g/mol. The number of amides is 1. The second kappa shape index (κ2) is 7.40. The molecule has 0 unspecified atom stereocenters. The van der Waals surface area contributed by atoms with Crippen molar-refractivity contribution in [3.05, 3.63) is 96.5 Å². The van der Waals surface area contributed by atoms with Crippen molar-refractivity contribution in [3.8, 4) is 16.9 Å². The SMILES string of the molecule is O=C(Nc1ccc(F)cc1F)c1cc(-c2cccnc2)n(-c2ccccc2)n1. The number of benzene rings is 2. The van der Waals surface area contributed by atoms with Crippen LogP contribution >= 0.6 is 0 Å². The lowest BCUT2D eigenvalue weighted by Crippen LogP contribution is -2.14. The molecular formula is C21H14F2N4O. The van der Waals surface area contributed by atoms with Crippen molar-refractivity contribution in [2.45, 2.75) is 0 Å². The fourth-order valence-corrected chi connectivity index (χ4v) is 2.76. The predicted octanol–water partition coefficient (Wildman–Crippen LogP) is 4.46. The topological polar surface area (TPSA) is 59.8 Å². The van der Waals surface area contributed by atoms with Crippen LogP contribution in [0.5, 0.6) is 0 Å². The quantitative estimate of drug-likeness (QED) is 0.572. The lowest BCUT2D eigenvalue weighted by atomic mass is 10.2. The largest absolute Gasteiger partial charge is 0.318 e. The summed E-state index contributed by atoms with van der Waals surface area (Å²) in [5.74, 6) is -2.18. The average molecular weight is 376 g/mol. The maximum Gasteiger partial charge on any atom is 0.276 e. The van der Waals surface area contributed by atoms with Gasteiger partial charge in [0.25, 0.3) is 5.91 Å². The number of rotatable bonds is 4. The lowest BCUT2D eigenvalue weighted by molar-refractivity contribution is 0.102. The first-order chi connectivity index (χ1) is 13.6. The number of hydrogen-bond donors (Lipinski definition) is 1. The molecule has 0 aliphatic heterocycles. The molecule has 0 atom stereocenters. The smallest absolute Gasteiger partial charge is 0.276 e. The normalized spacial score (nSPS) is 10.6. The second-order valence-electron chi connectivity index (χ2n) is 5.98. The minimum atomic E-state index is -0.858. The number of halogens is 2. The molecule has 5 nitrogen and oxygen atoms in total. The van der Waals surface area contributed by atoms with Crippen LogP contribution in [0, 0.1) is 11.6 Å². The molecule has 0 aliphatic rings. The third kappa shape index (κ3) is 3.50. The van der Waals surface area contributed by atoms with Gasteiger partial charge in [-0.1, -0.05) is 18.2 Å². The Hall–Kier alpha value is -3.87. The Morgan fingerprint density at radius 2 is 1.79 bits per heavy atom. The van der Waals surface area contributed by atoms with Crippen molar-refractivity contribution >= 4 is 11.6 Å². The van der Waals surface area contributed by atoms with Crippen LogP contribution in [0.4, 0.5) is 14.5 Å². The molecule has 138 valence electrons. The molecule has 28 heavy (non-hydrogen) atoms. The number of anilines is 1. The van der Waals surface area contributed by atoms with E-state index in [0.29, 0.717) is 11.8 Å². The van der Waals surface area contributed by atoms with Crippen molar-refractivity contribution in [3.63, 3.8) is 0 Å². The molecule has 4 aromatic rings. The van der Waals surface area contributed by atoms with Gasteiger partial charge < -0.3 is 5.32 Å². The van der Waals surface area contributed by atoms with Crippen LogP contribution in [0.1, 0.15) is 10.5 Å². The molecule has 0 aliphatic carbocycles. The van der Waals surface area contributed by atoms with E-state index < -0.39 is 17.5 Å². The van der Waals surface area contributed by atoms with Crippen LogP contribution in [-0.4, -0.2) is 20.7 Å². The number of aromatic nitrogens is 3. The minimum Gasteiger partial charge on any atom is -0.318 e. The molecule has 0 radical (unpaired) electrons. The minimum absolute atomic E-state index is 0.0893. The van der Waals surface area contributed by atoms with Crippen molar-refractivity contribution in [1.82, 2.24) is 14.8 Å². The fourth-order valence-electron chi connectivity index (χ4n) is 2.76. The molecule has 2 aromatic carbocycles. The van der Waals surface area contributed by atoms with E-state index in [-0.39, 0.29) is 11.4 Å². The van der Waals surface area contributed by atoms with Crippen LogP contribution in [0.25, 0.3) is 16.9 Å². The van der Waals surface area contributed by atoms with Gasteiger partial charge in [0, 0.05) is 24.0 Å². The van der Waals surface area contributed by atoms with Gasteiger partial charge in [0.15, 0.2) is 5.69 Å². The molecule has 1 N–H and O–H groups in total. The Kier molecular flexibility index (Phi) is 4.63. The van der Waals surface area contributed by atoms with Crippen molar-refractivity contribution in [2.24, 2.45) is 0 Å². The van der Waals surface area contributed by atoms with Gasteiger partial charge in [-0.2, -0.15) is 5.10 Å². The zero-order valence-corrected chi connectivity index (χ0v) is 14.5. The van der Waals surface area contributed by atoms with E-state index in [9.17, 15) is 13.6 Å². The Morgan fingerprint density at radius 1 is 0.964 bits per heavy atom. The molecule has 1 amide bonds. The molecule has 4 rings (SSSR count). The van der Waals surface area contributed by atoms with Gasteiger partial charge in [-0.3, -0.25) is 9.78 Å². The summed E-state index contributed by atoms with van der Waals surface area (Å²) in [5, 5.41) is 6.81. The number of hydrogen-bond acceptors (Lipinski definition) is 3. The first kappa shape index (κ1) is 17.5. The van der Waals surface area contributed by atoms with Crippen LogP contribution in [-0.2, 0) is 0 Å². The van der Waals surface area contributed by atoms with E-state index in [2.05, 4.69) is 15.4 Å².